The van der Waals surface area contributed by atoms with E-state index in [4.69, 9.17) is 16.2 Å². The minimum atomic E-state index is -0.273. The summed E-state index contributed by atoms with van der Waals surface area (Å²) in [5.41, 5.74) is 10.3. The summed E-state index contributed by atoms with van der Waals surface area (Å²) in [6.07, 6.45) is -0.273. The van der Waals surface area contributed by atoms with Gasteiger partial charge in [-0.3, -0.25) is 0 Å². The number of ether oxygens (including phenoxy) is 1. The van der Waals surface area contributed by atoms with Crippen LogP contribution in [0, 0.1) is 0 Å². The molecule has 0 aromatic heterocycles. The molecule has 0 amide bonds. The summed E-state index contributed by atoms with van der Waals surface area (Å²) in [4.78, 5) is 0. The normalized spacial score (nSPS) is 12.4. The standard InChI is InChI=1S/C4H12N2O.N/c1-2-7-4(6)3-5;/h4H,2-3,5-6H2,1H3;. The van der Waals surface area contributed by atoms with E-state index >= 15 is 0 Å². The number of hydrogen-bond acceptors (Lipinski definition) is 3. The van der Waals surface area contributed by atoms with Crippen LogP contribution in [0.5, 0.6) is 0 Å². The van der Waals surface area contributed by atoms with Gasteiger partial charge >= 0.3 is 0 Å². The van der Waals surface area contributed by atoms with Gasteiger partial charge in [0.2, 0.25) is 0 Å². The van der Waals surface area contributed by atoms with Gasteiger partial charge in [0, 0.05) is 19.3 Å². The molecule has 0 heterocycles. The smallest absolute Gasteiger partial charge is 0.117 e. The molecule has 0 rings (SSSR count). The number of hydrogen-bond donors (Lipinski definition) is 2. The van der Waals surface area contributed by atoms with Crippen LogP contribution in [-0.4, -0.2) is 19.4 Å². The first-order valence-corrected chi connectivity index (χ1v) is 2.38. The molecule has 0 bridgehead atoms. The zero-order chi connectivity index (χ0) is 5.70. The van der Waals surface area contributed by atoms with Crippen molar-refractivity contribution in [3.05, 3.63) is 0 Å². The molecule has 0 aromatic rings. The van der Waals surface area contributed by atoms with Crippen molar-refractivity contribution in [1.29, 1.82) is 0 Å². The number of rotatable bonds is 3. The molecular formula is C4H12N3O. The lowest BCUT2D eigenvalue weighted by Crippen LogP contribution is -2.32. The lowest BCUT2D eigenvalue weighted by molar-refractivity contribution is 0.0740. The number of nitrogens with two attached hydrogens (primary N) is 2. The van der Waals surface area contributed by atoms with E-state index in [0.717, 1.165) is 0 Å². The Morgan fingerprint density at radius 3 is 2.25 bits per heavy atom. The van der Waals surface area contributed by atoms with Gasteiger partial charge < -0.3 is 16.2 Å². The average molecular weight is 118 g/mol. The minimum Gasteiger partial charge on any atom is -0.363 e. The maximum Gasteiger partial charge on any atom is 0.117 e. The zero-order valence-corrected chi connectivity index (χ0v) is 5.00. The van der Waals surface area contributed by atoms with E-state index in [-0.39, 0.29) is 12.4 Å². The fourth-order valence-electron chi connectivity index (χ4n) is 0.282. The van der Waals surface area contributed by atoms with Gasteiger partial charge in [0.15, 0.2) is 0 Å². The van der Waals surface area contributed by atoms with E-state index in [1.165, 1.54) is 0 Å². The molecule has 1 unspecified atom stereocenters. The second kappa shape index (κ2) is 6.84. The maximum atomic E-state index is 5.24. The van der Waals surface area contributed by atoms with E-state index < -0.39 is 0 Å². The van der Waals surface area contributed by atoms with Crippen LogP contribution in [0.2, 0.25) is 0 Å². The van der Waals surface area contributed by atoms with Crippen molar-refractivity contribution in [1.82, 2.24) is 6.15 Å². The molecule has 0 spiro atoms. The third kappa shape index (κ3) is 5.84. The molecule has 0 aliphatic rings. The van der Waals surface area contributed by atoms with Gasteiger partial charge in [0.25, 0.3) is 0 Å². The largest absolute Gasteiger partial charge is 0.363 e. The molecule has 4 nitrogen and oxygen atoms in total. The molecule has 0 saturated carbocycles. The Labute approximate surface area is 49.8 Å². The quantitative estimate of drug-likeness (QED) is 0.455. The van der Waals surface area contributed by atoms with Crippen LogP contribution in [0.25, 0.3) is 0 Å². The highest BCUT2D eigenvalue weighted by atomic mass is 16.5. The molecule has 4 heteroatoms. The van der Waals surface area contributed by atoms with Gasteiger partial charge in [0.1, 0.15) is 6.23 Å². The first-order valence-electron chi connectivity index (χ1n) is 2.38. The third-order valence-corrected chi connectivity index (χ3v) is 0.613. The molecule has 8 heavy (non-hydrogen) atoms. The molecule has 0 aliphatic heterocycles. The Balaban J connectivity index is 0. The van der Waals surface area contributed by atoms with Crippen LogP contribution in [0.4, 0.5) is 0 Å². The Hall–Kier alpha value is -0.160. The van der Waals surface area contributed by atoms with E-state index in [1.54, 1.807) is 0 Å². The van der Waals surface area contributed by atoms with E-state index in [0.29, 0.717) is 13.2 Å². The summed E-state index contributed by atoms with van der Waals surface area (Å²) >= 11 is 0. The minimum absolute atomic E-state index is 0. The van der Waals surface area contributed by atoms with Crippen molar-refractivity contribution >= 4 is 0 Å². The SMILES string of the molecule is CCOC(N)CN.[N]. The summed E-state index contributed by atoms with van der Waals surface area (Å²) in [5, 5.41) is 0. The Morgan fingerprint density at radius 2 is 2.12 bits per heavy atom. The van der Waals surface area contributed by atoms with Crippen molar-refractivity contribution in [3.63, 3.8) is 0 Å². The predicted octanol–water partition coefficient (Wildman–Crippen LogP) is -1.21. The fraction of sp³-hybridized carbons (Fsp3) is 1.00. The lowest BCUT2D eigenvalue weighted by atomic mass is 10.6. The van der Waals surface area contributed by atoms with Gasteiger partial charge in [0.05, 0.1) is 0 Å². The second-order valence-corrected chi connectivity index (χ2v) is 1.23. The summed E-state index contributed by atoms with van der Waals surface area (Å²) in [7, 11) is 0. The monoisotopic (exact) mass is 118 g/mol. The van der Waals surface area contributed by atoms with Crippen LogP contribution >= 0.6 is 0 Å². The Kier molecular flexibility index (Phi) is 9.20. The first kappa shape index (κ1) is 10.8. The van der Waals surface area contributed by atoms with Gasteiger partial charge in [-0.25, -0.2) is 0 Å². The molecule has 49 valence electrons. The van der Waals surface area contributed by atoms with E-state index in [1.807, 2.05) is 6.92 Å². The van der Waals surface area contributed by atoms with Crippen molar-refractivity contribution < 1.29 is 4.74 Å². The summed E-state index contributed by atoms with van der Waals surface area (Å²) in [6.45, 7) is 2.92. The molecular weight excluding hydrogens is 106 g/mol. The van der Waals surface area contributed by atoms with Crippen molar-refractivity contribution in [3.8, 4) is 0 Å². The van der Waals surface area contributed by atoms with Gasteiger partial charge in [-0.2, -0.15) is 0 Å². The number of nitrogens with zero attached hydrogens (tertiary/aromatic N) is 1. The van der Waals surface area contributed by atoms with Gasteiger partial charge in [-0.1, -0.05) is 0 Å². The third-order valence-electron chi connectivity index (χ3n) is 0.613. The fourth-order valence-corrected chi connectivity index (χ4v) is 0.282. The van der Waals surface area contributed by atoms with Crippen molar-refractivity contribution in [2.24, 2.45) is 11.5 Å². The highest BCUT2D eigenvalue weighted by molar-refractivity contribution is 4.43. The first-order chi connectivity index (χ1) is 3.31. The van der Waals surface area contributed by atoms with Gasteiger partial charge in [-0.05, 0) is 6.92 Å². The van der Waals surface area contributed by atoms with Crippen LogP contribution in [0.15, 0.2) is 0 Å². The highest BCUT2D eigenvalue weighted by Crippen LogP contribution is 1.74. The van der Waals surface area contributed by atoms with E-state index in [9.17, 15) is 0 Å². The van der Waals surface area contributed by atoms with E-state index in [2.05, 4.69) is 0 Å². The predicted molar refractivity (Wildman–Crippen MR) is 30.8 cm³/mol. The van der Waals surface area contributed by atoms with Crippen molar-refractivity contribution in [2.75, 3.05) is 13.2 Å². The van der Waals surface area contributed by atoms with Crippen LogP contribution in [0.1, 0.15) is 6.92 Å². The molecule has 0 aromatic carbocycles. The molecule has 3 radical (unpaired) electrons. The molecule has 0 aliphatic carbocycles. The Morgan fingerprint density at radius 1 is 1.62 bits per heavy atom. The summed E-state index contributed by atoms with van der Waals surface area (Å²) in [5.74, 6) is 0. The van der Waals surface area contributed by atoms with Gasteiger partial charge in [-0.15, -0.1) is 0 Å². The summed E-state index contributed by atoms with van der Waals surface area (Å²) < 4.78 is 4.84. The van der Waals surface area contributed by atoms with Crippen LogP contribution in [-0.2, 0) is 4.74 Å². The molecule has 0 saturated heterocycles. The molecule has 0 fully saturated rings. The topological polar surface area (TPSA) is 91.8 Å². The molecule has 1 atom stereocenters. The average Bonchev–Trinajstić information content (AvgIpc) is 1.68. The Bertz CT molecular complexity index is 42.3. The van der Waals surface area contributed by atoms with Crippen molar-refractivity contribution in [2.45, 2.75) is 13.2 Å². The second-order valence-electron chi connectivity index (χ2n) is 1.23. The zero-order valence-electron chi connectivity index (χ0n) is 5.00. The summed E-state index contributed by atoms with van der Waals surface area (Å²) in [6, 6.07) is 0. The highest BCUT2D eigenvalue weighted by Gasteiger charge is 1.92. The van der Waals surface area contributed by atoms with Crippen LogP contribution in [0.3, 0.4) is 0 Å². The van der Waals surface area contributed by atoms with Crippen LogP contribution < -0.4 is 17.6 Å². The lowest BCUT2D eigenvalue weighted by Gasteiger charge is -2.05. The maximum absolute atomic E-state index is 5.24. The molecule has 4 N–H and O–H groups in total.